The molecule has 55 heavy (non-hydrogen) atoms. The topological polar surface area (TPSA) is 170 Å². The van der Waals surface area contributed by atoms with Gasteiger partial charge in [0.05, 0.1) is 31.8 Å². The van der Waals surface area contributed by atoms with Crippen LogP contribution in [0.15, 0.2) is 46.6 Å². The van der Waals surface area contributed by atoms with E-state index in [1.807, 2.05) is 81.4 Å². The van der Waals surface area contributed by atoms with Gasteiger partial charge in [-0.2, -0.15) is 0 Å². The Hall–Kier alpha value is -2.42. The number of ether oxygens (including phenoxy) is 6. The van der Waals surface area contributed by atoms with Gasteiger partial charge < -0.3 is 48.8 Å². The summed E-state index contributed by atoms with van der Waals surface area (Å²) < 4.78 is 36.0. The number of hydrogen-bond donors (Lipinski definition) is 4. The van der Waals surface area contributed by atoms with Crippen LogP contribution in [0.25, 0.3) is 0 Å². The van der Waals surface area contributed by atoms with Crippen LogP contribution in [0.1, 0.15) is 109 Å². The van der Waals surface area contributed by atoms with Crippen LogP contribution in [-0.4, -0.2) is 96.2 Å². The molecular weight excluding hydrogens is 708 g/mol. The van der Waals surface area contributed by atoms with E-state index >= 15 is 0 Å². The van der Waals surface area contributed by atoms with E-state index in [1.54, 1.807) is 26.0 Å². The summed E-state index contributed by atoms with van der Waals surface area (Å²) in [6.07, 6.45) is 7.08. The first-order valence-corrected chi connectivity index (χ1v) is 19.6. The Morgan fingerprint density at radius 3 is 1.22 bits per heavy atom. The van der Waals surface area contributed by atoms with Crippen molar-refractivity contribution in [3.8, 4) is 0 Å². The molecule has 2 aliphatic heterocycles. The van der Waals surface area contributed by atoms with Gasteiger partial charge in [-0.25, -0.2) is 0 Å². The Kier molecular flexibility index (Phi) is 13.5. The lowest BCUT2D eigenvalue weighted by Gasteiger charge is -2.48. The first-order valence-electron chi connectivity index (χ1n) is 19.6. The highest BCUT2D eigenvalue weighted by Gasteiger charge is 2.49. The molecule has 4 N–H and O–H groups in total. The molecule has 0 aromatic carbocycles. The fourth-order valence-electron chi connectivity index (χ4n) is 7.60. The summed E-state index contributed by atoms with van der Waals surface area (Å²) in [6.45, 7) is 24.3. The summed E-state index contributed by atoms with van der Waals surface area (Å²) in [6, 6.07) is 0. The maximum absolute atomic E-state index is 12.8. The lowest BCUT2D eigenvalue weighted by atomic mass is 9.70. The predicted molar refractivity (Wildman–Crippen MR) is 206 cm³/mol. The van der Waals surface area contributed by atoms with Crippen molar-refractivity contribution in [2.45, 2.75) is 133 Å². The van der Waals surface area contributed by atoms with Crippen molar-refractivity contribution >= 4 is 11.9 Å². The highest BCUT2D eigenvalue weighted by atomic mass is 16.7. The Morgan fingerprint density at radius 2 is 0.927 bits per heavy atom. The van der Waals surface area contributed by atoms with Crippen molar-refractivity contribution in [1.29, 1.82) is 0 Å². The quantitative estimate of drug-likeness (QED) is 0.137. The minimum atomic E-state index is -1.93. The molecule has 0 aromatic heterocycles. The van der Waals surface area contributed by atoms with Crippen molar-refractivity contribution in [1.82, 2.24) is 0 Å². The minimum absolute atomic E-state index is 0.0950. The summed E-state index contributed by atoms with van der Waals surface area (Å²) in [5, 5.41) is 42.7. The van der Waals surface area contributed by atoms with Crippen LogP contribution in [0, 0.1) is 38.9 Å². The van der Waals surface area contributed by atoms with Crippen molar-refractivity contribution in [2.24, 2.45) is 38.9 Å². The number of carbonyl (C=O) groups is 2. The van der Waals surface area contributed by atoms with Crippen molar-refractivity contribution in [2.75, 3.05) is 39.6 Å². The van der Waals surface area contributed by atoms with E-state index in [4.69, 9.17) is 28.4 Å². The Balaban J connectivity index is 1.18. The molecule has 0 amide bonds. The van der Waals surface area contributed by atoms with E-state index < -0.39 is 52.2 Å². The molecule has 4 aliphatic rings. The first-order chi connectivity index (χ1) is 25.1. The van der Waals surface area contributed by atoms with Crippen LogP contribution < -0.4 is 0 Å². The van der Waals surface area contributed by atoms with Crippen molar-refractivity contribution < 1.29 is 58.4 Å². The predicted octanol–water partition coefficient (Wildman–Crippen LogP) is 5.88. The Labute approximate surface area is 327 Å². The number of carbonyl (C=O) groups excluding carboxylic acids is 2. The summed E-state index contributed by atoms with van der Waals surface area (Å²) >= 11 is 0. The van der Waals surface area contributed by atoms with Crippen LogP contribution in [0.2, 0.25) is 0 Å². The van der Waals surface area contributed by atoms with Gasteiger partial charge in [0.15, 0.2) is 24.2 Å². The molecule has 2 unspecified atom stereocenters. The van der Waals surface area contributed by atoms with Gasteiger partial charge in [-0.15, -0.1) is 0 Å². The van der Waals surface area contributed by atoms with Crippen LogP contribution in [0.4, 0.5) is 0 Å². The summed E-state index contributed by atoms with van der Waals surface area (Å²) in [4.78, 5) is 25.6. The average molecular weight is 777 g/mol. The van der Waals surface area contributed by atoms with Crippen LogP contribution >= 0.6 is 0 Å². The van der Waals surface area contributed by atoms with Crippen LogP contribution in [0.3, 0.4) is 0 Å². The van der Waals surface area contributed by atoms with Gasteiger partial charge in [0, 0.05) is 35.5 Å². The van der Waals surface area contributed by atoms with E-state index in [1.165, 1.54) is 0 Å². The molecular formula is C43H68O12. The average Bonchev–Trinajstić information content (AvgIpc) is 3.06. The van der Waals surface area contributed by atoms with Gasteiger partial charge >= 0.3 is 11.9 Å². The van der Waals surface area contributed by atoms with E-state index in [9.17, 15) is 30.0 Å². The SMILES string of the molecule is CC1=CC(CCC(=O)OCC(C)(C)C2OCC3(CO2)COC(C(C)(C)COC(=O)CCC2=CC(C(C)(C)C)C(O)(O)C(C)=C2)OC3)=CC(C(C)(C)C)C1(O)O. The molecule has 0 saturated carbocycles. The number of allylic oxidation sites excluding steroid dienone is 4. The third-order valence-corrected chi connectivity index (χ3v) is 11.3. The normalized spacial score (nSPS) is 28.8. The van der Waals surface area contributed by atoms with E-state index in [2.05, 4.69) is 0 Å². The fourth-order valence-corrected chi connectivity index (χ4v) is 7.60. The van der Waals surface area contributed by atoms with E-state index in [-0.39, 0.29) is 48.8 Å². The molecule has 2 fully saturated rings. The molecule has 2 saturated heterocycles. The van der Waals surface area contributed by atoms with Crippen molar-refractivity contribution in [3.05, 3.63) is 46.6 Å². The van der Waals surface area contributed by atoms with E-state index in [0.29, 0.717) is 50.4 Å². The number of rotatable bonds is 12. The van der Waals surface area contributed by atoms with Crippen molar-refractivity contribution in [3.63, 3.8) is 0 Å². The summed E-state index contributed by atoms with van der Waals surface area (Å²) in [5.41, 5.74) is 0.0914. The Bertz CT molecular complexity index is 1400. The lowest BCUT2D eigenvalue weighted by Crippen LogP contribution is -2.57. The fraction of sp³-hybridized carbons (Fsp3) is 0.767. The van der Waals surface area contributed by atoms with Crippen LogP contribution in [0.5, 0.6) is 0 Å². The lowest BCUT2D eigenvalue weighted by molar-refractivity contribution is -0.337. The molecule has 312 valence electrons. The van der Waals surface area contributed by atoms with Crippen LogP contribution in [-0.2, 0) is 38.0 Å². The van der Waals surface area contributed by atoms with Gasteiger partial charge in [0.25, 0.3) is 0 Å². The van der Waals surface area contributed by atoms with Gasteiger partial charge in [0.1, 0.15) is 13.2 Å². The summed E-state index contributed by atoms with van der Waals surface area (Å²) in [7, 11) is 0. The molecule has 2 atom stereocenters. The molecule has 2 aliphatic carbocycles. The molecule has 12 nitrogen and oxygen atoms in total. The second kappa shape index (κ2) is 16.4. The molecule has 0 radical (unpaired) electrons. The number of hydrogen-bond acceptors (Lipinski definition) is 12. The zero-order valence-electron chi connectivity index (χ0n) is 35.2. The first kappa shape index (κ1) is 45.3. The smallest absolute Gasteiger partial charge is 0.306 e. The molecule has 4 rings (SSSR count). The molecule has 0 aromatic rings. The Morgan fingerprint density at radius 1 is 0.618 bits per heavy atom. The van der Waals surface area contributed by atoms with Gasteiger partial charge in [-0.3, -0.25) is 9.59 Å². The maximum Gasteiger partial charge on any atom is 0.306 e. The third kappa shape index (κ3) is 11.0. The van der Waals surface area contributed by atoms with Gasteiger partial charge in [0.2, 0.25) is 0 Å². The molecule has 1 spiro atoms. The largest absolute Gasteiger partial charge is 0.465 e. The summed E-state index contributed by atoms with van der Waals surface area (Å²) in [5.74, 6) is -5.61. The second-order valence-electron chi connectivity index (χ2n) is 20.0. The second-order valence-corrected chi connectivity index (χ2v) is 20.0. The highest BCUT2D eigenvalue weighted by molar-refractivity contribution is 5.70. The molecule has 0 bridgehead atoms. The minimum Gasteiger partial charge on any atom is -0.465 e. The molecule has 12 heteroatoms. The zero-order chi connectivity index (χ0) is 41.4. The zero-order valence-corrected chi connectivity index (χ0v) is 35.2. The van der Waals surface area contributed by atoms with Gasteiger partial charge in [-0.1, -0.05) is 105 Å². The monoisotopic (exact) mass is 776 g/mol. The standard InChI is InChI=1S/C43H68O12/c1-27-17-29(19-31(37(3,4)5)42(27,46)47)13-15-33(44)50-21-39(9,10)35-52-23-41(24-53-35)25-54-36(55-26-41)40(11,12)22-51-34(45)16-14-30-18-28(2)43(48,49)32(20-30)38(6,7)8/h17-20,31-32,35-36,46-49H,13-16,21-26H2,1-12H3. The third-order valence-electron chi connectivity index (χ3n) is 11.3. The highest BCUT2D eigenvalue weighted by Crippen LogP contribution is 2.44. The number of aliphatic hydroxyl groups is 4. The maximum atomic E-state index is 12.8. The molecule has 2 heterocycles. The number of esters is 2. The van der Waals surface area contributed by atoms with Gasteiger partial charge in [-0.05, 0) is 48.7 Å². The van der Waals surface area contributed by atoms with E-state index in [0.717, 1.165) is 11.1 Å².